The molecule has 0 saturated heterocycles. The van der Waals surface area contributed by atoms with Crippen LogP contribution in [0.2, 0.25) is 0 Å². The smallest absolute Gasteiger partial charge is 0.276 e. The van der Waals surface area contributed by atoms with Crippen molar-refractivity contribution in [1.29, 1.82) is 0 Å². The SMILES string of the molecule is Cc1nc2cc(OCc3cc(C(=O)N4CCc5[nH]ncc5C4)no3)ccc2s1. The van der Waals surface area contributed by atoms with E-state index in [2.05, 4.69) is 20.3 Å². The number of hydrogen-bond donors (Lipinski definition) is 1. The molecule has 0 unspecified atom stereocenters. The van der Waals surface area contributed by atoms with Crippen molar-refractivity contribution in [3.05, 3.63) is 58.2 Å². The second-order valence-corrected chi connectivity index (χ2v) is 7.91. The van der Waals surface area contributed by atoms with Gasteiger partial charge in [0.2, 0.25) is 0 Å². The lowest BCUT2D eigenvalue weighted by Gasteiger charge is -2.25. The molecule has 0 atom stereocenters. The van der Waals surface area contributed by atoms with Crippen LogP contribution in [0.15, 0.2) is 35.0 Å². The molecule has 4 heterocycles. The van der Waals surface area contributed by atoms with E-state index in [1.54, 1.807) is 28.5 Å². The largest absolute Gasteiger partial charge is 0.485 e. The number of aryl methyl sites for hydroxylation is 1. The second-order valence-electron chi connectivity index (χ2n) is 6.68. The van der Waals surface area contributed by atoms with Gasteiger partial charge in [-0.25, -0.2) is 4.98 Å². The number of fused-ring (bicyclic) bond motifs is 2. The topological polar surface area (TPSA) is 97.1 Å². The molecule has 8 nitrogen and oxygen atoms in total. The van der Waals surface area contributed by atoms with Gasteiger partial charge in [-0.3, -0.25) is 9.89 Å². The highest BCUT2D eigenvalue weighted by atomic mass is 32.1. The first-order valence-electron chi connectivity index (χ1n) is 8.92. The zero-order valence-electron chi connectivity index (χ0n) is 15.1. The molecule has 5 rings (SSSR count). The fourth-order valence-corrected chi connectivity index (χ4v) is 4.11. The highest BCUT2D eigenvalue weighted by molar-refractivity contribution is 7.18. The number of nitrogens with one attached hydrogen (secondary N) is 1. The van der Waals surface area contributed by atoms with E-state index in [1.807, 2.05) is 25.1 Å². The minimum atomic E-state index is -0.152. The molecule has 4 aromatic rings. The normalized spacial score (nSPS) is 13.7. The monoisotopic (exact) mass is 395 g/mol. The number of thiazole rings is 1. The molecular formula is C19H17N5O3S. The second kappa shape index (κ2) is 6.75. The van der Waals surface area contributed by atoms with E-state index in [9.17, 15) is 4.79 Å². The lowest BCUT2D eigenvalue weighted by atomic mass is 10.1. The van der Waals surface area contributed by atoms with Gasteiger partial charge in [0.15, 0.2) is 11.5 Å². The Hall–Kier alpha value is -3.20. The Kier molecular flexibility index (Phi) is 4.09. The van der Waals surface area contributed by atoms with Crippen molar-refractivity contribution < 1.29 is 14.1 Å². The number of carbonyl (C=O) groups excluding carboxylic acids is 1. The third-order valence-corrected chi connectivity index (χ3v) is 5.66. The molecule has 3 aromatic heterocycles. The Bertz CT molecular complexity index is 1160. The van der Waals surface area contributed by atoms with Gasteiger partial charge in [-0.2, -0.15) is 5.10 Å². The Morgan fingerprint density at radius 1 is 1.39 bits per heavy atom. The number of benzene rings is 1. The van der Waals surface area contributed by atoms with Crippen LogP contribution in [0.25, 0.3) is 10.2 Å². The standard InChI is InChI=1S/C19H17N5O3S/c1-11-21-16-6-13(2-3-18(16)28-11)26-10-14-7-17(23-27-14)19(25)24-5-4-15-12(9-24)8-20-22-15/h2-3,6-8H,4-5,9-10H2,1H3,(H,20,22). The zero-order chi connectivity index (χ0) is 19.1. The highest BCUT2D eigenvalue weighted by Crippen LogP contribution is 2.26. The summed E-state index contributed by atoms with van der Waals surface area (Å²) in [7, 11) is 0. The molecule has 0 bridgehead atoms. The molecule has 28 heavy (non-hydrogen) atoms. The third kappa shape index (κ3) is 3.13. The first-order valence-corrected chi connectivity index (χ1v) is 9.73. The predicted molar refractivity (Wildman–Crippen MR) is 102 cm³/mol. The van der Waals surface area contributed by atoms with Crippen LogP contribution in [-0.2, 0) is 19.6 Å². The number of rotatable bonds is 4. The molecule has 9 heteroatoms. The number of aromatic nitrogens is 4. The van der Waals surface area contributed by atoms with E-state index in [1.165, 1.54) is 0 Å². The summed E-state index contributed by atoms with van der Waals surface area (Å²) in [5.41, 5.74) is 3.33. The number of ether oxygens (including phenoxy) is 1. The van der Waals surface area contributed by atoms with Crippen molar-refractivity contribution in [3.8, 4) is 5.75 Å². The fourth-order valence-electron chi connectivity index (χ4n) is 3.31. The van der Waals surface area contributed by atoms with Crippen LogP contribution < -0.4 is 4.74 Å². The first-order chi connectivity index (χ1) is 13.7. The van der Waals surface area contributed by atoms with Gasteiger partial charge in [0.05, 0.1) is 21.4 Å². The van der Waals surface area contributed by atoms with Crippen molar-refractivity contribution in [2.75, 3.05) is 6.54 Å². The van der Waals surface area contributed by atoms with Crippen LogP contribution in [0.3, 0.4) is 0 Å². The van der Waals surface area contributed by atoms with Crippen molar-refractivity contribution in [2.45, 2.75) is 26.5 Å². The molecule has 142 valence electrons. The number of nitrogens with zero attached hydrogens (tertiary/aromatic N) is 4. The summed E-state index contributed by atoms with van der Waals surface area (Å²) in [6.45, 7) is 3.32. The molecule has 0 fully saturated rings. The van der Waals surface area contributed by atoms with Gasteiger partial charge in [0.25, 0.3) is 5.91 Å². The number of carbonyl (C=O) groups is 1. The van der Waals surface area contributed by atoms with E-state index < -0.39 is 0 Å². The fraction of sp³-hybridized carbons (Fsp3) is 0.263. The average Bonchev–Trinajstić information content (AvgIpc) is 3.43. The quantitative estimate of drug-likeness (QED) is 0.570. The molecule has 0 spiro atoms. The van der Waals surface area contributed by atoms with Crippen LogP contribution in [-0.4, -0.2) is 37.7 Å². The summed E-state index contributed by atoms with van der Waals surface area (Å²) in [4.78, 5) is 18.9. The van der Waals surface area contributed by atoms with E-state index >= 15 is 0 Å². The summed E-state index contributed by atoms with van der Waals surface area (Å²) < 4.78 is 12.2. The Morgan fingerprint density at radius 2 is 2.32 bits per heavy atom. The Balaban J connectivity index is 1.25. The minimum Gasteiger partial charge on any atom is -0.485 e. The number of amides is 1. The van der Waals surface area contributed by atoms with Crippen molar-refractivity contribution in [3.63, 3.8) is 0 Å². The number of hydrogen-bond acceptors (Lipinski definition) is 7. The van der Waals surface area contributed by atoms with Gasteiger partial charge < -0.3 is 14.2 Å². The number of H-pyrrole nitrogens is 1. The lowest BCUT2D eigenvalue weighted by molar-refractivity contribution is 0.0723. The maximum absolute atomic E-state index is 12.7. The zero-order valence-corrected chi connectivity index (χ0v) is 16.0. The maximum Gasteiger partial charge on any atom is 0.276 e. The van der Waals surface area contributed by atoms with Gasteiger partial charge in [0.1, 0.15) is 12.4 Å². The van der Waals surface area contributed by atoms with E-state index in [0.717, 1.165) is 32.9 Å². The van der Waals surface area contributed by atoms with Crippen LogP contribution in [0.5, 0.6) is 5.75 Å². The van der Waals surface area contributed by atoms with Crippen LogP contribution >= 0.6 is 11.3 Å². The molecular weight excluding hydrogens is 378 g/mol. The third-order valence-electron chi connectivity index (χ3n) is 4.71. The van der Waals surface area contributed by atoms with Gasteiger partial charge in [0, 0.05) is 42.9 Å². The van der Waals surface area contributed by atoms with Crippen molar-refractivity contribution in [2.24, 2.45) is 0 Å². The van der Waals surface area contributed by atoms with Crippen molar-refractivity contribution >= 4 is 27.5 Å². The van der Waals surface area contributed by atoms with E-state index in [-0.39, 0.29) is 18.2 Å². The van der Waals surface area contributed by atoms with Crippen LogP contribution in [0, 0.1) is 6.92 Å². The molecule has 1 N–H and O–H groups in total. The summed E-state index contributed by atoms with van der Waals surface area (Å²) in [6, 6.07) is 7.43. The van der Waals surface area contributed by atoms with Gasteiger partial charge in [-0.1, -0.05) is 5.16 Å². The summed E-state index contributed by atoms with van der Waals surface area (Å²) in [5.74, 6) is 1.05. The highest BCUT2D eigenvalue weighted by Gasteiger charge is 2.25. The Morgan fingerprint density at radius 3 is 3.25 bits per heavy atom. The first kappa shape index (κ1) is 16.9. The average molecular weight is 395 g/mol. The molecule has 1 amide bonds. The lowest BCUT2D eigenvalue weighted by Crippen LogP contribution is -2.35. The summed E-state index contributed by atoms with van der Waals surface area (Å²) in [5, 5.41) is 11.9. The molecule has 1 aromatic carbocycles. The van der Waals surface area contributed by atoms with Crippen LogP contribution in [0.1, 0.15) is 32.5 Å². The molecule has 0 aliphatic carbocycles. The predicted octanol–water partition coefficient (Wildman–Crippen LogP) is 3.09. The maximum atomic E-state index is 12.7. The van der Waals surface area contributed by atoms with E-state index in [0.29, 0.717) is 24.6 Å². The molecule has 0 radical (unpaired) electrons. The van der Waals surface area contributed by atoms with Gasteiger partial charge in [-0.05, 0) is 19.1 Å². The van der Waals surface area contributed by atoms with Gasteiger partial charge in [-0.15, -0.1) is 11.3 Å². The number of aromatic amines is 1. The molecule has 1 aliphatic heterocycles. The molecule has 0 saturated carbocycles. The Labute approximate surface area is 164 Å². The summed E-state index contributed by atoms with van der Waals surface area (Å²) >= 11 is 1.65. The summed E-state index contributed by atoms with van der Waals surface area (Å²) in [6.07, 6.45) is 2.52. The minimum absolute atomic E-state index is 0.152. The molecule has 1 aliphatic rings. The van der Waals surface area contributed by atoms with Gasteiger partial charge >= 0.3 is 0 Å². The van der Waals surface area contributed by atoms with E-state index in [4.69, 9.17) is 9.26 Å². The van der Waals surface area contributed by atoms with Crippen molar-refractivity contribution in [1.82, 2.24) is 25.2 Å². The van der Waals surface area contributed by atoms with Crippen LogP contribution in [0.4, 0.5) is 0 Å².